The van der Waals surface area contributed by atoms with Gasteiger partial charge in [-0.15, -0.1) is 0 Å². The summed E-state index contributed by atoms with van der Waals surface area (Å²) in [5, 5.41) is 1.21. The molecule has 0 unspecified atom stereocenters. The van der Waals surface area contributed by atoms with E-state index in [1.807, 2.05) is 12.5 Å². The smallest absolute Gasteiger partial charge is 0.241 e. The van der Waals surface area contributed by atoms with E-state index in [1.54, 1.807) is 0 Å². The molecule has 248 valence electrons. The predicted octanol–water partition coefficient (Wildman–Crippen LogP) is 7.58. The van der Waals surface area contributed by atoms with E-state index in [4.69, 9.17) is 0 Å². The van der Waals surface area contributed by atoms with E-state index in [1.165, 1.54) is 43.8 Å². The second-order valence-electron chi connectivity index (χ2n) is 13.7. The molecule has 0 N–H and O–H groups in total. The Morgan fingerprint density at radius 1 is 0.500 bits per heavy atom. The molecule has 7 aromatic rings. The molecule has 0 saturated heterocycles. The first-order chi connectivity index (χ1) is 24.5. The van der Waals surface area contributed by atoms with Crippen LogP contribution in [0.3, 0.4) is 0 Å². The number of imidazole rings is 1. The Bertz CT molecular complexity index is 1850. The molecule has 2 nitrogen and oxygen atoms in total. The van der Waals surface area contributed by atoms with Gasteiger partial charge in [-0.25, -0.2) is 4.98 Å². The zero-order valence-electron chi connectivity index (χ0n) is 29.7. The SMILES string of the molecule is CC(C)c1ccc(C([SiH2]c2ccccc2)(c2ccc(C(C)C)cc2)n2ccnc2)cc1.c1ccc(B(c2ccccc2)c2ccccc2)cc1. The minimum Gasteiger partial charge on any atom is -0.326 e. The van der Waals surface area contributed by atoms with Gasteiger partial charge < -0.3 is 4.57 Å². The fraction of sp³-hybridized carbons (Fsp3) is 0.152. The molecule has 6 aromatic carbocycles. The maximum Gasteiger partial charge on any atom is 0.241 e. The summed E-state index contributed by atoms with van der Waals surface area (Å²) in [6.07, 6.45) is 6.02. The van der Waals surface area contributed by atoms with Crippen LogP contribution in [0.5, 0.6) is 0 Å². The van der Waals surface area contributed by atoms with Crippen LogP contribution in [0.25, 0.3) is 0 Å². The molecule has 0 spiro atoms. The lowest BCUT2D eigenvalue weighted by atomic mass is 9.37. The maximum absolute atomic E-state index is 4.46. The molecule has 7 rings (SSSR count). The van der Waals surface area contributed by atoms with Crippen molar-refractivity contribution in [3.05, 3.63) is 211 Å². The number of hydrogen-bond acceptors (Lipinski definition) is 1. The van der Waals surface area contributed by atoms with E-state index in [9.17, 15) is 0 Å². The predicted molar refractivity (Wildman–Crippen MR) is 218 cm³/mol. The standard InChI is InChI=1S/C28H32N2Si.C18H15B/c1-21(2)23-10-14-25(15-11-23)28(30-19-18-29-20-30,31-27-8-6-5-7-9-27)26-16-12-24(13-17-26)22(3)4;1-4-10-16(11-5-1)19(17-12-6-2-7-13-17)18-14-8-3-9-15-18/h5-22H,31H2,1-4H3;1-15H. The van der Waals surface area contributed by atoms with Crippen molar-refractivity contribution in [3.8, 4) is 0 Å². The van der Waals surface area contributed by atoms with Crippen LogP contribution in [0.1, 0.15) is 61.8 Å². The minimum absolute atomic E-state index is 0.233. The van der Waals surface area contributed by atoms with Gasteiger partial charge in [-0.3, -0.25) is 0 Å². The Morgan fingerprint density at radius 3 is 1.22 bits per heavy atom. The monoisotopic (exact) mass is 666 g/mol. The van der Waals surface area contributed by atoms with Gasteiger partial charge in [0.25, 0.3) is 0 Å². The molecule has 0 radical (unpaired) electrons. The van der Waals surface area contributed by atoms with Gasteiger partial charge in [0.15, 0.2) is 0 Å². The topological polar surface area (TPSA) is 17.8 Å². The largest absolute Gasteiger partial charge is 0.326 e. The average Bonchev–Trinajstić information content (AvgIpc) is 3.72. The van der Waals surface area contributed by atoms with Gasteiger partial charge in [-0.1, -0.05) is 219 Å². The minimum atomic E-state index is -0.810. The fourth-order valence-corrected chi connectivity index (χ4v) is 9.29. The van der Waals surface area contributed by atoms with Crippen LogP contribution in [-0.4, -0.2) is 25.8 Å². The molecule has 0 aliphatic heterocycles. The third kappa shape index (κ3) is 7.99. The summed E-state index contributed by atoms with van der Waals surface area (Å²) in [6.45, 7) is 9.31. The molecule has 0 saturated carbocycles. The van der Waals surface area contributed by atoms with Crippen molar-refractivity contribution in [2.75, 3.05) is 0 Å². The molecule has 50 heavy (non-hydrogen) atoms. The van der Waals surface area contributed by atoms with Crippen LogP contribution in [0.4, 0.5) is 0 Å². The fourth-order valence-electron chi connectivity index (χ4n) is 6.94. The number of benzene rings is 6. The zero-order chi connectivity index (χ0) is 34.8. The molecule has 0 amide bonds. The normalized spacial score (nSPS) is 11.5. The summed E-state index contributed by atoms with van der Waals surface area (Å²) in [4.78, 5) is 4.46. The molecule has 0 bridgehead atoms. The van der Waals surface area contributed by atoms with Crippen LogP contribution < -0.4 is 21.6 Å². The lowest BCUT2D eigenvalue weighted by Crippen LogP contribution is -2.51. The maximum atomic E-state index is 4.46. The van der Waals surface area contributed by atoms with Crippen molar-refractivity contribution < 1.29 is 0 Å². The number of nitrogens with zero attached hydrogens (tertiary/aromatic N) is 2. The van der Waals surface area contributed by atoms with Gasteiger partial charge in [0.05, 0.1) is 21.0 Å². The summed E-state index contributed by atoms with van der Waals surface area (Å²) in [6, 6.07) is 61.5. The van der Waals surface area contributed by atoms with E-state index in [-0.39, 0.29) is 5.16 Å². The summed E-state index contributed by atoms with van der Waals surface area (Å²) in [7, 11) is -0.810. The highest BCUT2D eigenvalue weighted by Gasteiger charge is 2.37. The lowest BCUT2D eigenvalue weighted by molar-refractivity contribution is 0.595. The van der Waals surface area contributed by atoms with E-state index >= 15 is 0 Å². The molecule has 4 heteroatoms. The quantitative estimate of drug-likeness (QED) is 0.138. The Morgan fingerprint density at radius 2 is 0.880 bits per heavy atom. The molecule has 0 aliphatic rings. The average molecular weight is 667 g/mol. The Kier molecular flexibility index (Phi) is 11.4. The molecular formula is C46H47BN2Si. The Balaban J connectivity index is 0.000000194. The van der Waals surface area contributed by atoms with Crippen molar-refractivity contribution >= 4 is 37.8 Å². The molecule has 0 aliphatic carbocycles. The highest BCUT2D eigenvalue weighted by molar-refractivity contribution is 6.95. The number of hydrogen-bond donors (Lipinski definition) is 0. The third-order valence-corrected chi connectivity index (χ3v) is 12.3. The van der Waals surface area contributed by atoms with Crippen LogP contribution in [0.15, 0.2) is 189 Å². The van der Waals surface area contributed by atoms with Gasteiger partial charge in [-0.2, -0.15) is 0 Å². The first-order valence-corrected chi connectivity index (χ1v) is 19.2. The first kappa shape index (κ1) is 34.7. The zero-order valence-corrected chi connectivity index (χ0v) is 31.1. The first-order valence-electron chi connectivity index (χ1n) is 17.8. The third-order valence-electron chi connectivity index (χ3n) is 9.76. The lowest BCUT2D eigenvalue weighted by Gasteiger charge is -2.37. The van der Waals surface area contributed by atoms with Gasteiger partial charge in [-0.05, 0) is 34.1 Å². The molecule has 1 heterocycles. The Labute approximate surface area is 301 Å². The van der Waals surface area contributed by atoms with E-state index in [0.717, 1.165) is 0 Å². The summed E-state index contributed by atoms with van der Waals surface area (Å²) in [5.74, 6) is 1.04. The van der Waals surface area contributed by atoms with Crippen LogP contribution in [0.2, 0.25) is 0 Å². The van der Waals surface area contributed by atoms with Gasteiger partial charge >= 0.3 is 0 Å². The molecule has 0 atom stereocenters. The highest BCUT2D eigenvalue weighted by Crippen LogP contribution is 2.35. The summed E-state index contributed by atoms with van der Waals surface area (Å²) in [5.41, 5.74) is 9.42. The molecule has 0 fully saturated rings. The van der Waals surface area contributed by atoms with Crippen LogP contribution in [-0.2, 0) is 5.16 Å². The van der Waals surface area contributed by atoms with Crippen molar-refractivity contribution in [1.29, 1.82) is 0 Å². The summed E-state index contributed by atoms with van der Waals surface area (Å²) < 4.78 is 2.33. The number of rotatable bonds is 10. The van der Waals surface area contributed by atoms with Crippen LogP contribution in [0, 0.1) is 0 Å². The van der Waals surface area contributed by atoms with Crippen molar-refractivity contribution in [1.82, 2.24) is 9.55 Å². The molecule has 1 aromatic heterocycles. The number of aromatic nitrogens is 2. The van der Waals surface area contributed by atoms with Crippen molar-refractivity contribution in [2.24, 2.45) is 0 Å². The van der Waals surface area contributed by atoms with Crippen LogP contribution >= 0.6 is 0 Å². The van der Waals surface area contributed by atoms with Gasteiger partial charge in [0.2, 0.25) is 6.71 Å². The van der Waals surface area contributed by atoms with E-state index < -0.39 is 9.52 Å². The van der Waals surface area contributed by atoms with Gasteiger partial charge in [0, 0.05) is 12.4 Å². The molecular weight excluding hydrogens is 619 g/mol. The van der Waals surface area contributed by atoms with E-state index in [0.29, 0.717) is 18.5 Å². The highest BCUT2D eigenvalue weighted by atomic mass is 28.2. The van der Waals surface area contributed by atoms with Crippen molar-refractivity contribution in [2.45, 2.75) is 44.7 Å². The second-order valence-corrected chi connectivity index (χ2v) is 15.9. The second kappa shape index (κ2) is 16.5. The van der Waals surface area contributed by atoms with Gasteiger partial charge in [0.1, 0.15) is 0 Å². The van der Waals surface area contributed by atoms with Crippen molar-refractivity contribution in [3.63, 3.8) is 0 Å². The Hall–Kier alpha value is -5.19. The van der Waals surface area contributed by atoms with E-state index in [2.05, 4.69) is 213 Å². The summed E-state index contributed by atoms with van der Waals surface area (Å²) >= 11 is 0.